The van der Waals surface area contributed by atoms with Gasteiger partial charge in [0.05, 0.1) is 30.0 Å². The maximum absolute atomic E-state index is 5.25. The number of hydrogen-bond acceptors (Lipinski definition) is 3. The number of aromatic amines is 1. The molecule has 1 aliphatic rings. The van der Waals surface area contributed by atoms with Gasteiger partial charge in [-0.2, -0.15) is 0 Å². The van der Waals surface area contributed by atoms with Gasteiger partial charge in [0.2, 0.25) is 0 Å². The first-order valence-electron chi connectivity index (χ1n) is 7.84. The Morgan fingerprint density at radius 2 is 1.96 bits per heavy atom. The van der Waals surface area contributed by atoms with Crippen molar-refractivity contribution in [1.29, 1.82) is 0 Å². The zero-order chi connectivity index (χ0) is 15.4. The molecule has 5 heteroatoms. The summed E-state index contributed by atoms with van der Waals surface area (Å²) in [4.78, 5) is 12.7. The quantitative estimate of drug-likeness (QED) is 0.627. The standard InChI is InChI=1S/C18H16N4O/c1-23-13-6-4-11(5-7-13)16-15-10-20-17-14(8-9-19-17)22(15)18(21-16)12-2-3-12/h4-10,12,19H,2-3H2,1H3. The van der Waals surface area contributed by atoms with Crippen molar-refractivity contribution in [2.75, 3.05) is 7.11 Å². The summed E-state index contributed by atoms with van der Waals surface area (Å²) in [5, 5.41) is 0. The number of nitrogens with zero attached hydrogens (tertiary/aromatic N) is 3. The lowest BCUT2D eigenvalue weighted by Crippen LogP contribution is -1.94. The Morgan fingerprint density at radius 3 is 2.70 bits per heavy atom. The van der Waals surface area contributed by atoms with E-state index in [0.29, 0.717) is 5.92 Å². The topological polar surface area (TPSA) is 55.2 Å². The van der Waals surface area contributed by atoms with Crippen LogP contribution in [0.25, 0.3) is 27.9 Å². The van der Waals surface area contributed by atoms with Crippen molar-refractivity contribution < 1.29 is 4.74 Å². The fraction of sp³-hybridized carbons (Fsp3) is 0.222. The monoisotopic (exact) mass is 304 g/mol. The van der Waals surface area contributed by atoms with Crippen molar-refractivity contribution in [2.45, 2.75) is 18.8 Å². The molecule has 114 valence electrons. The second kappa shape index (κ2) is 4.59. The van der Waals surface area contributed by atoms with Gasteiger partial charge >= 0.3 is 0 Å². The van der Waals surface area contributed by atoms with E-state index in [1.54, 1.807) is 7.11 Å². The van der Waals surface area contributed by atoms with E-state index in [1.165, 1.54) is 12.8 Å². The molecule has 0 unspecified atom stereocenters. The number of fused-ring (bicyclic) bond motifs is 3. The Labute approximate surface area is 133 Å². The Bertz CT molecular complexity index is 1010. The molecule has 1 aliphatic carbocycles. The van der Waals surface area contributed by atoms with E-state index >= 15 is 0 Å². The number of aromatic nitrogens is 4. The van der Waals surface area contributed by atoms with Gasteiger partial charge < -0.3 is 9.72 Å². The zero-order valence-electron chi connectivity index (χ0n) is 12.8. The van der Waals surface area contributed by atoms with Crippen molar-refractivity contribution >= 4 is 16.7 Å². The minimum atomic E-state index is 0.565. The number of nitrogens with one attached hydrogen (secondary N) is 1. The smallest absolute Gasteiger partial charge is 0.154 e. The van der Waals surface area contributed by atoms with Crippen LogP contribution in [-0.2, 0) is 0 Å². The predicted octanol–water partition coefficient (Wildman–Crippen LogP) is 3.76. The largest absolute Gasteiger partial charge is 0.497 e. The molecule has 0 atom stereocenters. The summed E-state index contributed by atoms with van der Waals surface area (Å²) in [6.45, 7) is 0. The first-order chi connectivity index (χ1) is 11.3. The van der Waals surface area contributed by atoms with E-state index < -0.39 is 0 Å². The number of rotatable bonds is 3. The third-order valence-corrected chi connectivity index (χ3v) is 4.51. The van der Waals surface area contributed by atoms with Crippen LogP contribution in [0.5, 0.6) is 5.75 Å². The van der Waals surface area contributed by atoms with E-state index in [1.807, 2.05) is 24.5 Å². The zero-order valence-corrected chi connectivity index (χ0v) is 12.8. The molecule has 0 amide bonds. The molecule has 1 saturated carbocycles. The van der Waals surface area contributed by atoms with E-state index in [9.17, 15) is 0 Å². The number of hydrogen-bond donors (Lipinski definition) is 1. The second-order valence-corrected chi connectivity index (χ2v) is 6.01. The van der Waals surface area contributed by atoms with Crippen molar-refractivity contribution in [3.63, 3.8) is 0 Å². The molecule has 0 spiro atoms. The summed E-state index contributed by atoms with van der Waals surface area (Å²) in [5.41, 5.74) is 5.14. The fourth-order valence-electron chi connectivity index (χ4n) is 3.16. The van der Waals surface area contributed by atoms with Gasteiger partial charge in [-0.05, 0) is 43.2 Å². The molecular formula is C18H16N4O. The lowest BCUT2D eigenvalue weighted by atomic mass is 10.1. The molecule has 0 aliphatic heterocycles. The molecule has 0 bridgehead atoms. The van der Waals surface area contributed by atoms with Crippen molar-refractivity contribution in [2.24, 2.45) is 0 Å². The van der Waals surface area contributed by atoms with Gasteiger partial charge in [0, 0.05) is 17.7 Å². The molecular weight excluding hydrogens is 288 g/mol. The van der Waals surface area contributed by atoms with Gasteiger partial charge in [-0.25, -0.2) is 9.97 Å². The first kappa shape index (κ1) is 12.7. The number of H-pyrrole nitrogens is 1. The average Bonchev–Trinajstić information content (AvgIpc) is 3.20. The van der Waals surface area contributed by atoms with Gasteiger partial charge in [0.1, 0.15) is 11.6 Å². The van der Waals surface area contributed by atoms with Crippen LogP contribution in [0.4, 0.5) is 0 Å². The summed E-state index contributed by atoms with van der Waals surface area (Å²) in [6.07, 6.45) is 6.28. The molecule has 5 rings (SSSR count). The van der Waals surface area contributed by atoms with Gasteiger partial charge in [0.25, 0.3) is 0 Å². The fourth-order valence-corrected chi connectivity index (χ4v) is 3.16. The molecule has 1 aromatic carbocycles. The highest BCUT2D eigenvalue weighted by molar-refractivity contribution is 5.84. The van der Waals surface area contributed by atoms with Gasteiger partial charge in [-0.15, -0.1) is 0 Å². The molecule has 1 N–H and O–H groups in total. The van der Waals surface area contributed by atoms with E-state index in [0.717, 1.165) is 39.5 Å². The lowest BCUT2D eigenvalue weighted by molar-refractivity contribution is 0.415. The van der Waals surface area contributed by atoms with Crippen LogP contribution in [-0.4, -0.2) is 26.5 Å². The van der Waals surface area contributed by atoms with Crippen LogP contribution >= 0.6 is 0 Å². The van der Waals surface area contributed by atoms with Crippen LogP contribution in [0.1, 0.15) is 24.6 Å². The highest BCUT2D eigenvalue weighted by atomic mass is 16.5. The molecule has 3 heterocycles. The van der Waals surface area contributed by atoms with Crippen molar-refractivity contribution in [3.8, 4) is 17.0 Å². The lowest BCUT2D eigenvalue weighted by Gasteiger charge is -2.02. The molecule has 0 saturated heterocycles. The molecule has 1 fully saturated rings. The maximum Gasteiger partial charge on any atom is 0.154 e. The third-order valence-electron chi connectivity index (χ3n) is 4.51. The number of methoxy groups -OCH3 is 1. The van der Waals surface area contributed by atoms with E-state index in [-0.39, 0.29) is 0 Å². The average molecular weight is 304 g/mol. The second-order valence-electron chi connectivity index (χ2n) is 6.01. The first-order valence-corrected chi connectivity index (χ1v) is 7.84. The van der Waals surface area contributed by atoms with E-state index in [4.69, 9.17) is 9.72 Å². The highest BCUT2D eigenvalue weighted by Gasteiger charge is 2.30. The van der Waals surface area contributed by atoms with Crippen LogP contribution < -0.4 is 4.74 Å². The third kappa shape index (κ3) is 1.86. The minimum Gasteiger partial charge on any atom is -0.497 e. The van der Waals surface area contributed by atoms with Crippen LogP contribution in [0, 0.1) is 0 Å². The molecule has 4 aromatic rings. The summed E-state index contributed by atoms with van der Waals surface area (Å²) in [5.74, 6) is 2.57. The Balaban J connectivity index is 1.80. The Hall–Kier alpha value is -2.82. The van der Waals surface area contributed by atoms with Crippen LogP contribution in [0.2, 0.25) is 0 Å². The number of imidazole rings is 1. The number of benzene rings is 1. The Morgan fingerprint density at radius 1 is 1.13 bits per heavy atom. The predicted molar refractivity (Wildman–Crippen MR) is 88.8 cm³/mol. The molecule has 3 aromatic heterocycles. The molecule has 0 radical (unpaired) electrons. The van der Waals surface area contributed by atoms with Crippen LogP contribution in [0.15, 0.2) is 42.7 Å². The van der Waals surface area contributed by atoms with Gasteiger partial charge in [-0.1, -0.05) is 0 Å². The summed E-state index contributed by atoms with van der Waals surface area (Å²) >= 11 is 0. The highest BCUT2D eigenvalue weighted by Crippen LogP contribution is 2.42. The van der Waals surface area contributed by atoms with Crippen molar-refractivity contribution in [1.82, 2.24) is 19.4 Å². The Kier molecular flexibility index (Phi) is 2.53. The number of ether oxygens (including phenoxy) is 1. The maximum atomic E-state index is 5.25. The summed E-state index contributed by atoms with van der Waals surface area (Å²) < 4.78 is 7.51. The van der Waals surface area contributed by atoms with Crippen LogP contribution in [0.3, 0.4) is 0 Å². The molecule has 5 nitrogen and oxygen atoms in total. The summed E-state index contributed by atoms with van der Waals surface area (Å²) in [6, 6.07) is 10.1. The summed E-state index contributed by atoms with van der Waals surface area (Å²) in [7, 11) is 1.68. The SMILES string of the molecule is COc1ccc(-c2nc(C3CC3)n3c2cnc2[nH]ccc23)cc1. The van der Waals surface area contributed by atoms with E-state index in [2.05, 4.69) is 32.6 Å². The normalized spacial score (nSPS) is 14.7. The van der Waals surface area contributed by atoms with Crippen molar-refractivity contribution in [3.05, 3.63) is 48.5 Å². The molecule has 23 heavy (non-hydrogen) atoms. The van der Waals surface area contributed by atoms with Gasteiger partial charge in [0.15, 0.2) is 5.65 Å². The van der Waals surface area contributed by atoms with Gasteiger partial charge in [-0.3, -0.25) is 4.40 Å². The minimum absolute atomic E-state index is 0.565.